The average Bonchev–Trinajstić information content (AvgIpc) is 2.87. The normalized spacial score (nSPS) is 14.0. The van der Waals surface area contributed by atoms with Gasteiger partial charge in [-0.25, -0.2) is 0 Å². The van der Waals surface area contributed by atoms with Crippen molar-refractivity contribution in [2.45, 2.75) is 89.3 Å². The Kier molecular flexibility index (Phi) is 11.1. The Bertz CT molecular complexity index is 1200. The summed E-state index contributed by atoms with van der Waals surface area (Å²) in [6.07, 6.45) is -10.5. The molecule has 228 valence electrons. The van der Waals surface area contributed by atoms with E-state index in [0.29, 0.717) is 36.7 Å². The van der Waals surface area contributed by atoms with Crippen LogP contribution in [-0.2, 0) is 10.2 Å². The highest BCUT2D eigenvalue weighted by molar-refractivity contribution is 5.66. The Morgan fingerprint density at radius 2 is 1.46 bits per heavy atom. The lowest BCUT2D eigenvalue weighted by atomic mass is 9.70. The largest absolute Gasteiger partial charge is 0.491 e. The van der Waals surface area contributed by atoms with E-state index in [-0.39, 0.29) is 31.1 Å². The smallest absolute Gasteiger partial charge is 0.430 e. The quantitative estimate of drug-likeness (QED) is 0.214. The predicted octanol–water partition coefficient (Wildman–Crippen LogP) is 7.27. The molecule has 0 fully saturated rings. The zero-order valence-corrected chi connectivity index (χ0v) is 23.4. The molecule has 0 saturated carbocycles. The van der Waals surface area contributed by atoms with Crippen molar-refractivity contribution in [2.75, 3.05) is 6.61 Å². The number of halogens is 6. The highest BCUT2D eigenvalue weighted by Gasteiger charge is 2.68. The van der Waals surface area contributed by atoms with Crippen molar-refractivity contribution in [3.8, 4) is 5.75 Å². The Morgan fingerprint density at radius 3 is 1.93 bits per heavy atom. The van der Waals surface area contributed by atoms with Crippen LogP contribution in [0.2, 0.25) is 0 Å². The van der Waals surface area contributed by atoms with Crippen LogP contribution in [0.1, 0.15) is 73.8 Å². The van der Waals surface area contributed by atoms with Crippen molar-refractivity contribution < 1.29 is 51.2 Å². The molecule has 0 aliphatic heterocycles. The van der Waals surface area contributed by atoms with Crippen molar-refractivity contribution >= 4 is 12.0 Å². The van der Waals surface area contributed by atoms with Gasteiger partial charge in [-0.05, 0) is 79.5 Å². The van der Waals surface area contributed by atoms with Crippen LogP contribution < -0.4 is 4.74 Å². The van der Waals surface area contributed by atoms with Gasteiger partial charge in [-0.15, -0.1) is 0 Å². The molecule has 0 aromatic heterocycles. The van der Waals surface area contributed by atoms with Gasteiger partial charge in [0.25, 0.3) is 5.60 Å². The summed E-state index contributed by atoms with van der Waals surface area (Å²) in [5.41, 5.74) is -2.42. The lowest BCUT2D eigenvalue weighted by Gasteiger charge is -2.34. The molecule has 0 aliphatic rings. The molecule has 2 aromatic rings. The number of alkyl halides is 6. The van der Waals surface area contributed by atoms with Gasteiger partial charge in [-0.3, -0.25) is 4.79 Å². The number of ether oxygens (including phenoxy) is 1. The van der Waals surface area contributed by atoms with E-state index in [1.54, 1.807) is 25.1 Å². The van der Waals surface area contributed by atoms with Crippen molar-refractivity contribution in [2.24, 2.45) is 0 Å². The zero-order chi connectivity index (χ0) is 31.2. The summed E-state index contributed by atoms with van der Waals surface area (Å²) < 4.78 is 84.1. The fourth-order valence-electron chi connectivity index (χ4n) is 4.82. The maximum absolute atomic E-state index is 13.1. The fraction of sp³-hybridized carbons (Fsp3) is 0.500. The van der Waals surface area contributed by atoms with E-state index in [2.05, 4.69) is 0 Å². The van der Waals surface area contributed by atoms with Gasteiger partial charge in [0.15, 0.2) is 0 Å². The molecule has 5 nitrogen and oxygen atoms in total. The number of carbonyl (C=O) groups is 1. The molecule has 0 aliphatic carbocycles. The van der Waals surface area contributed by atoms with E-state index in [9.17, 15) is 41.4 Å². The van der Waals surface area contributed by atoms with Crippen LogP contribution >= 0.6 is 0 Å². The molecule has 0 spiro atoms. The number of aliphatic carboxylic acids is 1. The van der Waals surface area contributed by atoms with Crippen LogP contribution in [0.15, 0.2) is 42.5 Å². The molecular weight excluding hydrogens is 554 g/mol. The summed E-state index contributed by atoms with van der Waals surface area (Å²) >= 11 is 0. The van der Waals surface area contributed by atoms with Crippen LogP contribution in [0, 0.1) is 13.8 Å². The zero-order valence-electron chi connectivity index (χ0n) is 23.4. The highest BCUT2D eigenvalue weighted by atomic mass is 19.4. The maximum Gasteiger partial charge on any atom is 0.430 e. The van der Waals surface area contributed by atoms with Crippen molar-refractivity contribution in [1.29, 1.82) is 0 Å². The number of hydrogen-bond acceptors (Lipinski definition) is 4. The second-order valence-corrected chi connectivity index (χ2v) is 10.2. The summed E-state index contributed by atoms with van der Waals surface area (Å²) in [4.78, 5) is 10.6. The minimum Gasteiger partial charge on any atom is -0.491 e. The molecule has 0 radical (unpaired) electrons. The summed E-state index contributed by atoms with van der Waals surface area (Å²) in [5.74, 6) is -0.387. The first-order chi connectivity index (χ1) is 18.9. The summed E-state index contributed by atoms with van der Waals surface area (Å²) in [6.45, 7) is 7.37. The number of rotatable bonds is 13. The van der Waals surface area contributed by atoms with Gasteiger partial charge in [-0.2, -0.15) is 26.3 Å². The van der Waals surface area contributed by atoms with Crippen molar-refractivity contribution in [1.82, 2.24) is 0 Å². The van der Waals surface area contributed by atoms with E-state index in [0.717, 1.165) is 16.7 Å². The van der Waals surface area contributed by atoms with E-state index in [1.807, 2.05) is 32.9 Å². The van der Waals surface area contributed by atoms with E-state index < -0.39 is 35.4 Å². The SMILES string of the molecule is CCC(CC)(c1ccc(/C=C/C(O)(C(F)(F)F)C(F)(F)F)c(C)c1)c1ccc(OC[C@@H](O)CCCC(=O)O)c(C)c1. The molecule has 11 heteroatoms. The van der Waals surface area contributed by atoms with Crippen molar-refractivity contribution in [3.63, 3.8) is 0 Å². The molecular formula is C30H36F6O5. The van der Waals surface area contributed by atoms with E-state index in [4.69, 9.17) is 9.84 Å². The molecule has 0 unspecified atom stereocenters. The van der Waals surface area contributed by atoms with Crippen LogP contribution in [0.5, 0.6) is 5.75 Å². The molecule has 1 atom stereocenters. The van der Waals surface area contributed by atoms with Crippen LogP contribution in [-0.4, -0.2) is 52.0 Å². The molecule has 0 amide bonds. The summed E-state index contributed by atoms with van der Waals surface area (Å²) in [5, 5.41) is 28.2. The number of aliphatic hydroxyl groups is 2. The standard InChI is InChI=1S/C30H36F6O5/c1-5-27(6-2,23-12-13-25(20(4)17-23)41-18-24(37)8-7-9-26(38)39)22-11-10-21(19(3)16-22)14-15-28(40,29(31,32)33)30(34,35)36/h10-17,24,37,40H,5-9,18H2,1-4H3,(H,38,39)/b15-14+/t24-/m0/s1. The van der Waals surface area contributed by atoms with E-state index in [1.165, 1.54) is 6.07 Å². The third-order valence-electron chi connectivity index (χ3n) is 7.48. The lowest BCUT2D eigenvalue weighted by Crippen LogP contribution is -2.55. The van der Waals surface area contributed by atoms with Gasteiger partial charge in [0.1, 0.15) is 12.4 Å². The third-order valence-corrected chi connectivity index (χ3v) is 7.48. The molecule has 2 aromatic carbocycles. The van der Waals surface area contributed by atoms with Crippen LogP contribution in [0.4, 0.5) is 26.3 Å². The topological polar surface area (TPSA) is 87.0 Å². The lowest BCUT2D eigenvalue weighted by molar-refractivity contribution is -0.347. The molecule has 2 rings (SSSR count). The minimum absolute atomic E-state index is 0.00151. The number of carboxylic acids is 1. The predicted molar refractivity (Wildman–Crippen MR) is 143 cm³/mol. The minimum atomic E-state index is -5.94. The first-order valence-electron chi connectivity index (χ1n) is 13.2. The van der Waals surface area contributed by atoms with Gasteiger partial charge in [-0.1, -0.05) is 50.3 Å². The van der Waals surface area contributed by atoms with Gasteiger partial charge in [0.2, 0.25) is 0 Å². The Balaban J connectivity index is 2.34. The average molecular weight is 591 g/mol. The number of aryl methyl sites for hydroxylation is 2. The fourth-order valence-corrected chi connectivity index (χ4v) is 4.82. The third kappa shape index (κ3) is 7.82. The number of benzene rings is 2. The summed E-state index contributed by atoms with van der Waals surface area (Å²) in [6, 6.07) is 10.4. The molecule has 0 heterocycles. The van der Waals surface area contributed by atoms with E-state index >= 15 is 0 Å². The maximum atomic E-state index is 13.1. The van der Waals surface area contributed by atoms with Gasteiger partial charge in [0, 0.05) is 11.8 Å². The second kappa shape index (κ2) is 13.3. The number of aliphatic hydroxyl groups excluding tert-OH is 1. The first kappa shape index (κ1) is 34.2. The monoisotopic (exact) mass is 590 g/mol. The van der Waals surface area contributed by atoms with Gasteiger partial charge < -0.3 is 20.1 Å². The van der Waals surface area contributed by atoms with Gasteiger partial charge in [0.05, 0.1) is 6.10 Å². The van der Waals surface area contributed by atoms with Gasteiger partial charge >= 0.3 is 18.3 Å². The molecule has 0 saturated heterocycles. The molecule has 0 bridgehead atoms. The second-order valence-electron chi connectivity index (χ2n) is 10.2. The Labute approximate surface area is 235 Å². The summed E-state index contributed by atoms with van der Waals surface area (Å²) in [7, 11) is 0. The number of carboxylic acid groups (broad SMARTS) is 1. The number of hydrogen-bond donors (Lipinski definition) is 3. The first-order valence-corrected chi connectivity index (χ1v) is 13.2. The van der Waals surface area contributed by atoms with Crippen LogP contribution in [0.3, 0.4) is 0 Å². The Hall–Kier alpha value is -3.05. The van der Waals surface area contributed by atoms with Crippen LogP contribution in [0.25, 0.3) is 6.08 Å². The molecule has 41 heavy (non-hydrogen) atoms. The van der Waals surface area contributed by atoms with Crippen molar-refractivity contribution in [3.05, 3.63) is 70.3 Å². The molecule has 3 N–H and O–H groups in total. The Morgan fingerprint density at radius 1 is 0.927 bits per heavy atom. The highest BCUT2D eigenvalue weighted by Crippen LogP contribution is 2.45.